The van der Waals surface area contributed by atoms with Crippen molar-refractivity contribution in [3.63, 3.8) is 0 Å². The van der Waals surface area contributed by atoms with Crippen molar-refractivity contribution in [2.24, 2.45) is 0 Å². The molecule has 0 saturated heterocycles. The first-order valence-electron chi connectivity index (χ1n) is 8.38. The van der Waals surface area contributed by atoms with E-state index in [1.54, 1.807) is 13.8 Å². The van der Waals surface area contributed by atoms with Crippen molar-refractivity contribution < 1.29 is 27.6 Å². The van der Waals surface area contributed by atoms with Crippen LogP contribution in [-0.4, -0.2) is 39.6 Å². The van der Waals surface area contributed by atoms with Gasteiger partial charge in [-0.2, -0.15) is 0 Å². The molecule has 0 heterocycles. The summed E-state index contributed by atoms with van der Waals surface area (Å²) in [6.07, 6.45) is 0. The van der Waals surface area contributed by atoms with Gasteiger partial charge in [0.05, 0.1) is 34.2 Å². The Morgan fingerprint density at radius 1 is 1.24 bits per heavy atom. The lowest BCUT2D eigenvalue weighted by Crippen LogP contribution is -2.37. The fourth-order valence-electron chi connectivity index (χ4n) is 2.57. The van der Waals surface area contributed by atoms with Crippen molar-refractivity contribution >= 4 is 39.0 Å². The van der Waals surface area contributed by atoms with Crippen molar-refractivity contribution in [3.8, 4) is 5.75 Å². The summed E-state index contributed by atoms with van der Waals surface area (Å²) in [7, 11) is -2.86. The van der Waals surface area contributed by atoms with Gasteiger partial charge in [-0.3, -0.25) is 19.2 Å². The van der Waals surface area contributed by atoms with Crippen LogP contribution >= 0.6 is 11.6 Å². The third kappa shape index (κ3) is 4.96. The Bertz CT molecular complexity index is 1040. The largest absolute Gasteiger partial charge is 0.496 e. The molecule has 11 heteroatoms. The van der Waals surface area contributed by atoms with E-state index < -0.39 is 27.5 Å². The van der Waals surface area contributed by atoms with E-state index >= 15 is 0 Å². The fraction of sp³-hybridized carbons (Fsp3) is 0.278. The minimum absolute atomic E-state index is 0.0387. The Balaban J connectivity index is 2.64. The number of nitro groups is 1. The number of rotatable bonds is 8. The maximum Gasteiger partial charge on any atom is 0.326 e. The second-order valence-corrected chi connectivity index (χ2v) is 8.11. The van der Waals surface area contributed by atoms with Crippen molar-refractivity contribution in [2.75, 3.05) is 24.6 Å². The predicted molar refractivity (Wildman–Crippen MR) is 107 cm³/mol. The summed E-state index contributed by atoms with van der Waals surface area (Å²) < 4.78 is 37.3. The summed E-state index contributed by atoms with van der Waals surface area (Å²) in [5.41, 5.74) is -0.0310. The molecule has 0 saturated carbocycles. The number of carbonyl (C=O) groups excluding carboxylic acids is 1. The van der Waals surface area contributed by atoms with Gasteiger partial charge in [0.25, 0.3) is 15.7 Å². The quantitative estimate of drug-likeness (QED) is 0.349. The SMILES string of the molecule is CCOC(=O)CN(c1cc([N+](=O)[O-])ccc1Cl)S(=O)(=O)c1ccc(OC)c(C)c1. The van der Waals surface area contributed by atoms with E-state index in [1.165, 1.54) is 31.4 Å². The van der Waals surface area contributed by atoms with Crippen LogP contribution in [0.1, 0.15) is 12.5 Å². The molecule has 0 N–H and O–H groups in total. The molecule has 0 aliphatic rings. The number of carbonyl (C=O) groups is 1. The zero-order chi connectivity index (χ0) is 21.8. The number of hydrogen-bond acceptors (Lipinski definition) is 7. The van der Waals surface area contributed by atoms with Crippen LogP contribution < -0.4 is 9.04 Å². The maximum atomic E-state index is 13.3. The summed E-state index contributed by atoms with van der Waals surface area (Å²) in [5.74, 6) is -0.349. The fourth-order valence-corrected chi connectivity index (χ4v) is 4.34. The van der Waals surface area contributed by atoms with Crippen LogP contribution in [0.25, 0.3) is 0 Å². The highest BCUT2D eigenvalue weighted by atomic mass is 35.5. The number of nitro benzene ring substituents is 1. The number of halogens is 1. The van der Waals surface area contributed by atoms with Gasteiger partial charge in [0, 0.05) is 12.1 Å². The number of aryl methyl sites for hydroxylation is 1. The first-order valence-corrected chi connectivity index (χ1v) is 10.2. The van der Waals surface area contributed by atoms with Crippen molar-refractivity contribution in [1.82, 2.24) is 0 Å². The number of hydrogen-bond donors (Lipinski definition) is 0. The Kier molecular flexibility index (Phi) is 7.04. The maximum absolute atomic E-state index is 13.3. The van der Waals surface area contributed by atoms with Gasteiger partial charge in [0.15, 0.2) is 0 Å². The zero-order valence-corrected chi connectivity index (χ0v) is 17.5. The van der Waals surface area contributed by atoms with Crippen LogP contribution in [0.3, 0.4) is 0 Å². The second-order valence-electron chi connectivity index (χ2n) is 5.84. The lowest BCUT2D eigenvalue weighted by atomic mass is 10.2. The molecule has 9 nitrogen and oxygen atoms in total. The van der Waals surface area contributed by atoms with Crippen molar-refractivity contribution in [2.45, 2.75) is 18.7 Å². The third-order valence-electron chi connectivity index (χ3n) is 3.94. The topological polar surface area (TPSA) is 116 Å². The van der Waals surface area contributed by atoms with E-state index in [1.807, 2.05) is 0 Å². The monoisotopic (exact) mass is 442 g/mol. The molecule has 0 spiro atoms. The van der Waals surface area contributed by atoms with E-state index in [9.17, 15) is 23.3 Å². The molecule has 0 fully saturated rings. The standard InChI is InChI=1S/C18H19ClN2O7S/c1-4-28-18(22)11-20(16-10-13(21(23)24)5-7-15(16)19)29(25,26)14-6-8-17(27-3)12(2)9-14/h5-10H,4,11H2,1-3H3. The van der Waals surface area contributed by atoms with Gasteiger partial charge in [-0.05, 0) is 43.7 Å². The lowest BCUT2D eigenvalue weighted by Gasteiger charge is -2.24. The highest BCUT2D eigenvalue weighted by molar-refractivity contribution is 7.92. The first-order chi connectivity index (χ1) is 13.6. The molecule has 0 aliphatic carbocycles. The highest BCUT2D eigenvalue weighted by Crippen LogP contribution is 2.34. The number of benzene rings is 2. The number of methoxy groups -OCH3 is 1. The summed E-state index contributed by atoms with van der Waals surface area (Å²) in [5, 5.41) is 11.1. The van der Waals surface area contributed by atoms with E-state index in [-0.39, 0.29) is 27.9 Å². The molecule has 0 unspecified atom stereocenters. The highest BCUT2D eigenvalue weighted by Gasteiger charge is 2.31. The number of non-ortho nitro benzene ring substituents is 1. The molecular weight excluding hydrogens is 424 g/mol. The van der Waals surface area contributed by atoms with Gasteiger partial charge >= 0.3 is 5.97 Å². The summed E-state index contributed by atoms with van der Waals surface area (Å²) in [4.78, 5) is 22.4. The van der Waals surface area contributed by atoms with Crippen LogP contribution in [0.15, 0.2) is 41.3 Å². The predicted octanol–water partition coefficient (Wildman–Crippen LogP) is 3.32. The molecule has 0 amide bonds. The number of sulfonamides is 1. The average Bonchev–Trinajstić information content (AvgIpc) is 2.66. The molecular formula is C18H19ClN2O7S. The molecule has 2 aromatic carbocycles. The molecule has 2 aromatic rings. The summed E-state index contributed by atoms with van der Waals surface area (Å²) in [6.45, 7) is 2.57. The lowest BCUT2D eigenvalue weighted by molar-refractivity contribution is -0.384. The Morgan fingerprint density at radius 2 is 1.93 bits per heavy atom. The Hall–Kier alpha value is -2.85. The Labute approximate surface area is 173 Å². The van der Waals surface area contributed by atoms with Gasteiger partial charge in [0.2, 0.25) is 0 Å². The number of anilines is 1. The van der Waals surface area contributed by atoms with Gasteiger partial charge in [-0.1, -0.05) is 11.6 Å². The minimum Gasteiger partial charge on any atom is -0.496 e. The summed E-state index contributed by atoms with van der Waals surface area (Å²) >= 11 is 6.13. The zero-order valence-electron chi connectivity index (χ0n) is 15.9. The van der Waals surface area contributed by atoms with Crippen LogP contribution in [0, 0.1) is 17.0 Å². The van der Waals surface area contributed by atoms with Crippen LogP contribution in [-0.2, 0) is 19.6 Å². The Morgan fingerprint density at radius 3 is 2.48 bits per heavy atom. The molecule has 29 heavy (non-hydrogen) atoms. The molecule has 0 radical (unpaired) electrons. The molecule has 0 aliphatic heterocycles. The van der Waals surface area contributed by atoms with Gasteiger partial charge < -0.3 is 9.47 Å². The normalized spacial score (nSPS) is 11.0. The van der Waals surface area contributed by atoms with Crippen molar-refractivity contribution in [1.29, 1.82) is 0 Å². The van der Waals surface area contributed by atoms with E-state index in [4.69, 9.17) is 21.1 Å². The van der Waals surface area contributed by atoms with Gasteiger partial charge in [0.1, 0.15) is 12.3 Å². The molecule has 0 bridgehead atoms. The van der Waals surface area contributed by atoms with E-state index in [0.717, 1.165) is 12.1 Å². The van der Waals surface area contributed by atoms with E-state index in [2.05, 4.69) is 0 Å². The van der Waals surface area contributed by atoms with Gasteiger partial charge in [-0.25, -0.2) is 8.42 Å². The number of ether oxygens (including phenoxy) is 2. The number of esters is 1. The molecule has 0 aromatic heterocycles. The van der Waals surface area contributed by atoms with Crippen molar-refractivity contribution in [3.05, 3.63) is 57.1 Å². The third-order valence-corrected chi connectivity index (χ3v) is 6.02. The van der Waals surface area contributed by atoms with Crippen LogP contribution in [0.2, 0.25) is 5.02 Å². The van der Waals surface area contributed by atoms with Crippen LogP contribution in [0.4, 0.5) is 11.4 Å². The first kappa shape index (κ1) is 22.4. The smallest absolute Gasteiger partial charge is 0.326 e. The molecule has 156 valence electrons. The average molecular weight is 443 g/mol. The molecule has 0 atom stereocenters. The van der Waals surface area contributed by atoms with E-state index in [0.29, 0.717) is 15.6 Å². The minimum atomic E-state index is -4.31. The second kappa shape index (κ2) is 9.10. The molecule has 2 rings (SSSR count). The number of nitrogens with zero attached hydrogens (tertiary/aromatic N) is 2. The van der Waals surface area contributed by atoms with Crippen LogP contribution in [0.5, 0.6) is 5.75 Å². The van der Waals surface area contributed by atoms with Gasteiger partial charge in [-0.15, -0.1) is 0 Å². The summed E-state index contributed by atoms with van der Waals surface area (Å²) in [6, 6.07) is 7.48.